The first-order valence-electron chi connectivity index (χ1n) is 10.1. The van der Waals surface area contributed by atoms with Crippen LogP contribution in [0.25, 0.3) is 10.9 Å². The van der Waals surface area contributed by atoms with Crippen molar-refractivity contribution >= 4 is 22.3 Å². The molecule has 0 saturated carbocycles. The van der Waals surface area contributed by atoms with E-state index in [-0.39, 0.29) is 5.69 Å². The van der Waals surface area contributed by atoms with E-state index in [1.54, 1.807) is 12.1 Å². The molecule has 0 aliphatic carbocycles. The van der Waals surface area contributed by atoms with E-state index < -0.39 is 10.5 Å². The summed E-state index contributed by atoms with van der Waals surface area (Å²) in [4.78, 5) is 19.6. The van der Waals surface area contributed by atoms with Gasteiger partial charge in [-0.05, 0) is 31.0 Å². The number of benzene rings is 2. The molecule has 0 amide bonds. The maximum atomic E-state index is 11.2. The quantitative estimate of drug-likeness (QED) is 0.498. The van der Waals surface area contributed by atoms with E-state index >= 15 is 0 Å². The van der Waals surface area contributed by atoms with Crippen LogP contribution in [0.4, 0.5) is 11.4 Å². The second-order valence-corrected chi connectivity index (χ2v) is 8.27. The highest BCUT2D eigenvalue weighted by Gasteiger charge is 2.37. The number of rotatable bonds is 6. The zero-order valence-corrected chi connectivity index (χ0v) is 17.3. The predicted molar refractivity (Wildman–Crippen MR) is 118 cm³/mol. The predicted octanol–water partition coefficient (Wildman–Crippen LogP) is 3.52. The normalized spacial score (nSPS) is 19.3. The number of hydrogen-bond acceptors (Lipinski definition) is 6. The van der Waals surface area contributed by atoms with Crippen molar-refractivity contribution in [2.45, 2.75) is 25.5 Å². The van der Waals surface area contributed by atoms with Gasteiger partial charge in [-0.3, -0.25) is 20.0 Å². The topological polar surface area (TPSA) is 82.7 Å². The Morgan fingerprint density at radius 1 is 1.23 bits per heavy atom. The molecule has 30 heavy (non-hydrogen) atoms. The van der Waals surface area contributed by atoms with Gasteiger partial charge >= 0.3 is 0 Å². The number of fused-ring (bicyclic) bond motifs is 1. The summed E-state index contributed by atoms with van der Waals surface area (Å²) in [6.07, 6.45) is 0.687. The fourth-order valence-corrected chi connectivity index (χ4v) is 4.33. The summed E-state index contributed by atoms with van der Waals surface area (Å²) in [6.45, 7) is 4.59. The third-order valence-electron chi connectivity index (χ3n) is 5.71. The lowest BCUT2D eigenvalue weighted by Gasteiger charge is -2.31. The molecule has 1 fully saturated rings. The summed E-state index contributed by atoms with van der Waals surface area (Å²) in [7, 11) is 1.92. The van der Waals surface area contributed by atoms with Crippen molar-refractivity contribution in [3.8, 4) is 0 Å². The second-order valence-electron chi connectivity index (χ2n) is 8.27. The number of aromatic nitrogens is 1. The molecular weight excluding hydrogens is 380 g/mol. The van der Waals surface area contributed by atoms with Crippen LogP contribution in [-0.2, 0) is 6.54 Å². The number of nitro benzene ring substituents is 1. The molecular formula is C23H26N4O3. The SMILES string of the molecule is Cc1cc(N(C)CC2(O)CCN(Cc3ccccc3)C2)c2cc([N+](=O)[O-])ccc2n1. The lowest BCUT2D eigenvalue weighted by molar-refractivity contribution is -0.384. The molecule has 1 N–H and O–H groups in total. The summed E-state index contributed by atoms with van der Waals surface area (Å²) in [5.74, 6) is 0. The lowest BCUT2D eigenvalue weighted by Crippen LogP contribution is -2.44. The third kappa shape index (κ3) is 4.27. The number of aryl methyl sites for hydroxylation is 1. The first kappa shape index (κ1) is 20.3. The number of hydrogen-bond donors (Lipinski definition) is 1. The smallest absolute Gasteiger partial charge is 0.270 e. The molecule has 0 bridgehead atoms. The maximum Gasteiger partial charge on any atom is 0.270 e. The highest BCUT2D eigenvalue weighted by Crippen LogP contribution is 2.32. The average molecular weight is 406 g/mol. The minimum atomic E-state index is -0.840. The monoisotopic (exact) mass is 406 g/mol. The maximum absolute atomic E-state index is 11.2. The Balaban J connectivity index is 1.54. The van der Waals surface area contributed by atoms with E-state index in [4.69, 9.17) is 0 Å². The van der Waals surface area contributed by atoms with Gasteiger partial charge in [0.15, 0.2) is 0 Å². The van der Waals surface area contributed by atoms with Crippen LogP contribution in [0.2, 0.25) is 0 Å². The summed E-state index contributed by atoms with van der Waals surface area (Å²) < 4.78 is 0. The summed E-state index contributed by atoms with van der Waals surface area (Å²) >= 11 is 0. The molecule has 3 aromatic rings. The largest absolute Gasteiger partial charge is 0.387 e. The van der Waals surface area contributed by atoms with E-state index in [1.807, 2.05) is 43.1 Å². The molecule has 1 aromatic heterocycles. The van der Waals surface area contributed by atoms with Gasteiger partial charge in [-0.25, -0.2) is 0 Å². The first-order chi connectivity index (χ1) is 14.3. The zero-order chi connectivity index (χ0) is 21.3. The van der Waals surface area contributed by atoms with Gasteiger partial charge in [0.1, 0.15) is 0 Å². The van der Waals surface area contributed by atoms with Crippen LogP contribution < -0.4 is 4.90 Å². The Kier molecular flexibility index (Phi) is 5.40. The molecule has 4 rings (SSSR count). The van der Waals surface area contributed by atoms with Gasteiger partial charge in [0, 0.05) is 62.1 Å². The lowest BCUT2D eigenvalue weighted by atomic mass is 10.0. The molecule has 0 spiro atoms. The van der Waals surface area contributed by atoms with Crippen LogP contribution in [0.15, 0.2) is 54.6 Å². The van der Waals surface area contributed by atoms with Crippen molar-refractivity contribution in [3.05, 3.63) is 76.0 Å². The minimum Gasteiger partial charge on any atom is -0.387 e. The van der Waals surface area contributed by atoms with Crippen LogP contribution in [0.5, 0.6) is 0 Å². The van der Waals surface area contributed by atoms with Crippen LogP contribution in [0.1, 0.15) is 17.7 Å². The fraction of sp³-hybridized carbons (Fsp3) is 0.348. The number of aliphatic hydroxyl groups is 1. The fourth-order valence-electron chi connectivity index (χ4n) is 4.33. The minimum absolute atomic E-state index is 0.0383. The molecule has 2 aromatic carbocycles. The summed E-state index contributed by atoms with van der Waals surface area (Å²) in [5, 5.41) is 23.2. The van der Waals surface area contributed by atoms with Crippen molar-refractivity contribution in [2.24, 2.45) is 0 Å². The Morgan fingerprint density at radius 3 is 2.73 bits per heavy atom. The van der Waals surface area contributed by atoms with Gasteiger partial charge < -0.3 is 10.0 Å². The molecule has 1 aliphatic rings. The van der Waals surface area contributed by atoms with E-state index in [1.165, 1.54) is 11.6 Å². The molecule has 1 aliphatic heterocycles. The van der Waals surface area contributed by atoms with Crippen LogP contribution >= 0.6 is 0 Å². The molecule has 1 saturated heterocycles. The number of likely N-dealkylation sites (N-methyl/N-ethyl adjacent to an activating group) is 1. The molecule has 1 atom stereocenters. The van der Waals surface area contributed by atoms with Crippen molar-refractivity contribution in [1.82, 2.24) is 9.88 Å². The highest BCUT2D eigenvalue weighted by molar-refractivity contribution is 5.93. The number of non-ortho nitro benzene ring substituents is 1. The number of nitro groups is 1. The number of pyridine rings is 1. The van der Waals surface area contributed by atoms with Gasteiger partial charge in [-0.1, -0.05) is 30.3 Å². The van der Waals surface area contributed by atoms with Gasteiger partial charge in [-0.2, -0.15) is 0 Å². The Labute approximate surface area is 175 Å². The summed E-state index contributed by atoms with van der Waals surface area (Å²) in [6, 6.07) is 16.9. The Hall–Kier alpha value is -3.03. The number of nitrogens with zero attached hydrogens (tertiary/aromatic N) is 4. The van der Waals surface area contributed by atoms with E-state index in [0.29, 0.717) is 25.0 Å². The van der Waals surface area contributed by atoms with Gasteiger partial charge in [-0.15, -0.1) is 0 Å². The number of β-amino-alcohol motifs (C(OH)–C–C–N with tert-alkyl or cyclic N) is 1. The Morgan fingerprint density at radius 2 is 2.00 bits per heavy atom. The molecule has 1 unspecified atom stereocenters. The van der Waals surface area contributed by atoms with Gasteiger partial charge in [0.05, 0.1) is 16.0 Å². The molecule has 7 nitrogen and oxygen atoms in total. The molecule has 0 radical (unpaired) electrons. The second kappa shape index (κ2) is 8.01. The third-order valence-corrected chi connectivity index (χ3v) is 5.71. The van der Waals surface area contributed by atoms with Gasteiger partial charge in [0.25, 0.3) is 5.69 Å². The first-order valence-corrected chi connectivity index (χ1v) is 10.1. The molecule has 2 heterocycles. The number of likely N-dealkylation sites (tertiary alicyclic amines) is 1. The van der Waals surface area contributed by atoms with Crippen LogP contribution in [0.3, 0.4) is 0 Å². The van der Waals surface area contributed by atoms with Crippen LogP contribution in [-0.4, -0.2) is 52.2 Å². The van der Waals surface area contributed by atoms with Crippen molar-refractivity contribution in [3.63, 3.8) is 0 Å². The van der Waals surface area contributed by atoms with E-state index in [2.05, 4.69) is 22.0 Å². The number of anilines is 1. The average Bonchev–Trinajstić information content (AvgIpc) is 3.07. The van der Waals surface area contributed by atoms with Crippen molar-refractivity contribution < 1.29 is 10.0 Å². The standard InChI is InChI=1S/C23H26N4O3/c1-17-12-22(20-13-19(27(29)30)8-9-21(20)24-17)25(2)15-23(28)10-11-26(16-23)14-18-6-4-3-5-7-18/h3-9,12-13,28H,10-11,14-16H2,1-2H3. The van der Waals surface area contributed by atoms with Crippen molar-refractivity contribution in [1.29, 1.82) is 0 Å². The van der Waals surface area contributed by atoms with E-state index in [0.717, 1.165) is 29.9 Å². The summed E-state index contributed by atoms with van der Waals surface area (Å²) in [5.41, 5.74) is 2.83. The van der Waals surface area contributed by atoms with Gasteiger partial charge in [0.2, 0.25) is 0 Å². The molecule has 7 heteroatoms. The molecule has 156 valence electrons. The van der Waals surface area contributed by atoms with Crippen LogP contribution in [0, 0.1) is 17.0 Å². The van der Waals surface area contributed by atoms with E-state index in [9.17, 15) is 15.2 Å². The Bertz CT molecular complexity index is 1070. The zero-order valence-electron chi connectivity index (χ0n) is 17.3. The van der Waals surface area contributed by atoms with Crippen molar-refractivity contribution in [2.75, 3.05) is 31.6 Å². The highest BCUT2D eigenvalue weighted by atomic mass is 16.6.